The van der Waals surface area contributed by atoms with Crippen LogP contribution in [0.3, 0.4) is 0 Å². The molecule has 0 N–H and O–H groups in total. The molecule has 0 aromatic carbocycles. The van der Waals surface area contributed by atoms with Crippen LogP contribution in [0.25, 0.3) is 0 Å². The Kier molecular flexibility index (Phi) is 5.67. The first-order valence-electron chi connectivity index (χ1n) is 11.1. The van der Waals surface area contributed by atoms with Crippen LogP contribution in [0.5, 0.6) is 0 Å². The minimum atomic E-state index is -0.638. The number of fused-ring (bicyclic) bond motifs is 3. The fraction of sp³-hybridized carbons (Fsp3) is 0.667. The van der Waals surface area contributed by atoms with Gasteiger partial charge in [0.25, 0.3) is 0 Å². The Labute approximate surface area is 187 Å². The predicted molar refractivity (Wildman–Crippen MR) is 111 cm³/mol. The average Bonchev–Trinajstić information content (AvgIpc) is 3.15. The molecule has 2 aliphatic carbocycles. The zero-order valence-electron chi connectivity index (χ0n) is 19.0. The third-order valence-electron chi connectivity index (χ3n) is 7.95. The number of rotatable bonds is 4. The van der Waals surface area contributed by atoms with Gasteiger partial charge in [0.05, 0.1) is 5.57 Å². The van der Waals surface area contributed by atoms with Gasteiger partial charge >= 0.3 is 23.9 Å². The molecule has 4 rings (SSSR count). The molecular weight excluding hydrogens is 416 g/mol. The molecule has 0 aromatic heterocycles. The summed E-state index contributed by atoms with van der Waals surface area (Å²) in [6, 6.07) is 0. The number of esters is 4. The second kappa shape index (κ2) is 8.05. The Morgan fingerprint density at radius 2 is 1.84 bits per heavy atom. The van der Waals surface area contributed by atoms with Gasteiger partial charge in [-0.15, -0.1) is 0 Å². The van der Waals surface area contributed by atoms with E-state index in [1.54, 1.807) is 6.08 Å². The van der Waals surface area contributed by atoms with E-state index >= 15 is 0 Å². The van der Waals surface area contributed by atoms with E-state index in [4.69, 9.17) is 18.9 Å². The van der Waals surface area contributed by atoms with Crippen LogP contribution in [0.1, 0.15) is 53.4 Å². The van der Waals surface area contributed by atoms with E-state index in [9.17, 15) is 19.2 Å². The van der Waals surface area contributed by atoms with Gasteiger partial charge in [0.1, 0.15) is 25.4 Å². The quantitative estimate of drug-likeness (QED) is 0.479. The summed E-state index contributed by atoms with van der Waals surface area (Å²) in [4.78, 5) is 48.5. The Balaban J connectivity index is 1.69. The van der Waals surface area contributed by atoms with Gasteiger partial charge in [-0.3, -0.25) is 9.59 Å². The van der Waals surface area contributed by atoms with E-state index in [0.29, 0.717) is 30.4 Å². The number of hydrogen-bond acceptors (Lipinski definition) is 8. The number of cyclic esters (lactones) is 2. The van der Waals surface area contributed by atoms with Crippen molar-refractivity contribution in [3.63, 3.8) is 0 Å². The highest BCUT2D eigenvalue weighted by Crippen LogP contribution is 2.62. The third kappa shape index (κ3) is 3.63. The first kappa shape index (κ1) is 22.6. The maximum atomic E-state index is 12.9. The molecule has 0 radical (unpaired) electrons. The smallest absolute Gasteiger partial charge is 0.337 e. The molecule has 0 unspecified atom stereocenters. The molecular formula is C24H30O8. The van der Waals surface area contributed by atoms with Crippen LogP contribution in [0.15, 0.2) is 23.3 Å². The zero-order chi connectivity index (χ0) is 23.3. The highest BCUT2D eigenvalue weighted by Gasteiger charge is 2.61. The van der Waals surface area contributed by atoms with Crippen molar-refractivity contribution in [3.8, 4) is 0 Å². The summed E-state index contributed by atoms with van der Waals surface area (Å²) in [7, 11) is 0. The summed E-state index contributed by atoms with van der Waals surface area (Å²) in [6.45, 7) is 7.22. The van der Waals surface area contributed by atoms with E-state index in [-0.39, 0.29) is 42.4 Å². The molecule has 8 nitrogen and oxygen atoms in total. The van der Waals surface area contributed by atoms with E-state index in [1.165, 1.54) is 13.8 Å². The Morgan fingerprint density at radius 1 is 1.09 bits per heavy atom. The van der Waals surface area contributed by atoms with Crippen molar-refractivity contribution in [2.45, 2.75) is 65.6 Å². The summed E-state index contributed by atoms with van der Waals surface area (Å²) in [5.41, 5.74) is 0.109. The molecule has 8 heteroatoms. The Bertz CT molecular complexity index is 917. The van der Waals surface area contributed by atoms with Crippen LogP contribution in [0, 0.1) is 22.7 Å². The van der Waals surface area contributed by atoms with Crippen LogP contribution in [-0.4, -0.2) is 49.3 Å². The normalized spacial score (nSPS) is 38.4. The summed E-state index contributed by atoms with van der Waals surface area (Å²) in [5, 5.41) is 0. The predicted octanol–water partition coefficient (Wildman–Crippen LogP) is 2.65. The van der Waals surface area contributed by atoms with Gasteiger partial charge in [-0.1, -0.05) is 19.9 Å². The molecule has 174 valence electrons. The number of ether oxygens (including phenoxy) is 4. The summed E-state index contributed by atoms with van der Waals surface area (Å²) in [6.07, 6.45) is 4.97. The average molecular weight is 446 g/mol. The highest BCUT2D eigenvalue weighted by atomic mass is 16.6. The maximum absolute atomic E-state index is 12.9. The van der Waals surface area contributed by atoms with E-state index < -0.39 is 29.6 Å². The Hall–Kier alpha value is -2.64. The van der Waals surface area contributed by atoms with E-state index in [2.05, 4.69) is 6.92 Å². The molecule has 6 atom stereocenters. The van der Waals surface area contributed by atoms with Crippen molar-refractivity contribution in [2.75, 3.05) is 13.2 Å². The lowest BCUT2D eigenvalue weighted by Crippen LogP contribution is -2.59. The lowest BCUT2D eigenvalue weighted by Gasteiger charge is -2.60. The number of allylic oxidation sites excluding steroid dienone is 1. The van der Waals surface area contributed by atoms with Crippen molar-refractivity contribution < 1.29 is 38.1 Å². The van der Waals surface area contributed by atoms with E-state index in [1.807, 2.05) is 13.0 Å². The van der Waals surface area contributed by atoms with Crippen molar-refractivity contribution in [3.05, 3.63) is 23.3 Å². The van der Waals surface area contributed by atoms with Gasteiger partial charge in [0, 0.05) is 30.8 Å². The molecule has 2 aliphatic heterocycles. The first-order chi connectivity index (χ1) is 15.1. The van der Waals surface area contributed by atoms with Crippen molar-refractivity contribution in [2.24, 2.45) is 22.7 Å². The number of hydrogen-bond donors (Lipinski definition) is 0. The fourth-order valence-corrected chi connectivity index (χ4v) is 6.37. The van der Waals surface area contributed by atoms with Crippen LogP contribution in [0.2, 0.25) is 0 Å². The molecule has 4 aliphatic rings. The van der Waals surface area contributed by atoms with Gasteiger partial charge in [-0.2, -0.15) is 0 Å². The van der Waals surface area contributed by atoms with Crippen LogP contribution < -0.4 is 0 Å². The molecule has 2 fully saturated rings. The molecule has 2 heterocycles. The van der Waals surface area contributed by atoms with Crippen LogP contribution in [-0.2, 0) is 38.1 Å². The minimum absolute atomic E-state index is 0.00254. The first-order valence-corrected chi connectivity index (χ1v) is 11.1. The van der Waals surface area contributed by atoms with Crippen LogP contribution >= 0.6 is 0 Å². The maximum Gasteiger partial charge on any atom is 0.337 e. The third-order valence-corrected chi connectivity index (χ3v) is 7.95. The molecule has 0 bridgehead atoms. The Morgan fingerprint density at radius 3 is 2.47 bits per heavy atom. The zero-order valence-corrected chi connectivity index (χ0v) is 19.0. The number of carbonyl (C=O) groups is 4. The summed E-state index contributed by atoms with van der Waals surface area (Å²) < 4.78 is 21.8. The van der Waals surface area contributed by atoms with Gasteiger partial charge in [-0.25, -0.2) is 9.59 Å². The minimum Gasteiger partial charge on any atom is -0.465 e. The largest absolute Gasteiger partial charge is 0.465 e. The summed E-state index contributed by atoms with van der Waals surface area (Å²) >= 11 is 0. The topological polar surface area (TPSA) is 105 Å². The van der Waals surface area contributed by atoms with Gasteiger partial charge in [0.2, 0.25) is 0 Å². The molecule has 0 amide bonds. The molecule has 1 saturated heterocycles. The van der Waals surface area contributed by atoms with Crippen molar-refractivity contribution in [1.29, 1.82) is 0 Å². The lowest BCUT2D eigenvalue weighted by atomic mass is 9.46. The second-order valence-corrected chi connectivity index (χ2v) is 9.82. The van der Waals surface area contributed by atoms with Crippen molar-refractivity contribution >= 4 is 23.9 Å². The second-order valence-electron chi connectivity index (χ2n) is 9.82. The molecule has 0 aromatic rings. The van der Waals surface area contributed by atoms with E-state index in [0.717, 1.165) is 6.42 Å². The van der Waals surface area contributed by atoms with Gasteiger partial charge in [0.15, 0.2) is 0 Å². The molecule has 0 spiro atoms. The SMILES string of the molecule is CC(=O)OC[C@@]1(C)[C@H]2CC=C3C(=O)O[C@H](C4=CCOC4=O)C[C@H]3[C@]2(C)CC[C@H]1OC(C)=O. The van der Waals surface area contributed by atoms with Gasteiger partial charge in [-0.05, 0) is 43.1 Å². The van der Waals surface area contributed by atoms with Gasteiger partial charge < -0.3 is 18.9 Å². The fourth-order valence-electron chi connectivity index (χ4n) is 6.37. The molecule has 32 heavy (non-hydrogen) atoms. The summed E-state index contributed by atoms with van der Waals surface area (Å²) in [5.74, 6) is -1.72. The van der Waals surface area contributed by atoms with Crippen molar-refractivity contribution in [1.82, 2.24) is 0 Å². The monoisotopic (exact) mass is 446 g/mol. The standard InChI is InChI=1S/C24H30O8/c1-13(25)30-12-24(4)19-6-5-15-17(23(19,3)9-7-20(24)31-14(2)26)11-18(32-22(15)28)16-8-10-29-21(16)27/h5,8,17-20H,6-7,9-12H2,1-4H3/t17-,18+,19+,20-,23+,24+/m1/s1. The highest BCUT2D eigenvalue weighted by molar-refractivity contribution is 5.95. The lowest BCUT2D eigenvalue weighted by molar-refractivity contribution is -0.192. The molecule has 1 saturated carbocycles. The van der Waals surface area contributed by atoms with Crippen LogP contribution in [0.4, 0.5) is 0 Å². The number of carbonyl (C=O) groups excluding carboxylic acids is 4.